The standard InChI is InChI=1S/C16H10Br2N2O2/c17-11-3-1-10(2-4-11)14-9-15(16(21)22)20(19-14)13-7-5-12(18)6-8-13/h1-9H,(H,21,22). The number of carbonyl (C=O) groups is 1. The monoisotopic (exact) mass is 420 g/mol. The largest absolute Gasteiger partial charge is 0.477 e. The highest BCUT2D eigenvalue weighted by molar-refractivity contribution is 9.10. The predicted molar refractivity (Wildman–Crippen MR) is 91.4 cm³/mol. The van der Waals surface area contributed by atoms with Crippen LogP contribution in [-0.4, -0.2) is 20.9 Å². The van der Waals surface area contributed by atoms with Crippen molar-refractivity contribution in [2.24, 2.45) is 0 Å². The first kappa shape index (κ1) is 15.0. The number of carboxylic acid groups (broad SMARTS) is 1. The van der Waals surface area contributed by atoms with Gasteiger partial charge in [0, 0.05) is 14.5 Å². The molecule has 2 aromatic carbocycles. The summed E-state index contributed by atoms with van der Waals surface area (Å²) in [4.78, 5) is 11.5. The lowest BCUT2D eigenvalue weighted by molar-refractivity contribution is 0.0687. The van der Waals surface area contributed by atoms with Gasteiger partial charge >= 0.3 is 5.97 Å². The van der Waals surface area contributed by atoms with Gasteiger partial charge < -0.3 is 5.11 Å². The maximum Gasteiger partial charge on any atom is 0.354 e. The zero-order valence-corrected chi connectivity index (χ0v) is 14.4. The number of aromatic carboxylic acids is 1. The molecule has 0 aliphatic carbocycles. The van der Waals surface area contributed by atoms with Gasteiger partial charge in [0.1, 0.15) is 0 Å². The first-order valence-electron chi connectivity index (χ1n) is 6.40. The third kappa shape index (κ3) is 2.98. The molecule has 0 atom stereocenters. The summed E-state index contributed by atoms with van der Waals surface area (Å²) >= 11 is 6.74. The van der Waals surface area contributed by atoms with E-state index in [1.807, 2.05) is 48.5 Å². The Balaban J connectivity index is 2.11. The average molecular weight is 422 g/mol. The Hall–Kier alpha value is -1.92. The van der Waals surface area contributed by atoms with Crippen molar-refractivity contribution in [2.45, 2.75) is 0 Å². The quantitative estimate of drug-likeness (QED) is 0.663. The Labute approximate surface area is 143 Å². The van der Waals surface area contributed by atoms with Crippen LogP contribution in [-0.2, 0) is 0 Å². The molecule has 0 saturated carbocycles. The van der Waals surface area contributed by atoms with Gasteiger partial charge in [-0.2, -0.15) is 5.10 Å². The summed E-state index contributed by atoms with van der Waals surface area (Å²) in [7, 11) is 0. The number of nitrogens with zero attached hydrogens (tertiary/aromatic N) is 2. The van der Waals surface area contributed by atoms with Crippen LogP contribution in [0.15, 0.2) is 63.5 Å². The third-order valence-corrected chi connectivity index (χ3v) is 4.20. The third-order valence-electron chi connectivity index (χ3n) is 3.14. The molecule has 0 bridgehead atoms. The lowest BCUT2D eigenvalue weighted by Gasteiger charge is -2.04. The Morgan fingerprint density at radius 2 is 1.50 bits per heavy atom. The Morgan fingerprint density at radius 1 is 0.955 bits per heavy atom. The molecule has 0 radical (unpaired) electrons. The zero-order valence-electron chi connectivity index (χ0n) is 11.2. The molecule has 0 amide bonds. The SMILES string of the molecule is O=C(O)c1cc(-c2ccc(Br)cc2)nn1-c1ccc(Br)cc1. The molecular weight excluding hydrogens is 412 g/mol. The van der Waals surface area contributed by atoms with Crippen LogP contribution in [0.4, 0.5) is 0 Å². The molecule has 0 saturated heterocycles. The molecule has 1 N–H and O–H groups in total. The van der Waals surface area contributed by atoms with Crippen molar-refractivity contribution < 1.29 is 9.90 Å². The van der Waals surface area contributed by atoms with Crippen LogP contribution in [0.1, 0.15) is 10.5 Å². The summed E-state index contributed by atoms with van der Waals surface area (Å²) in [5.74, 6) is -1.02. The highest BCUT2D eigenvalue weighted by Gasteiger charge is 2.16. The van der Waals surface area contributed by atoms with Gasteiger partial charge in [0.25, 0.3) is 0 Å². The van der Waals surface area contributed by atoms with Crippen LogP contribution in [0.3, 0.4) is 0 Å². The van der Waals surface area contributed by atoms with E-state index in [1.165, 1.54) is 4.68 Å². The van der Waals surface area contributed by atoms with Gasteiger partial charge in [-0.05, 0) is 42.5 Å². The van der Waals surface area contributed by atoms with Crippen LogP contribution in [0.2, 0.25) is 0 Å². The minimum Gasteiger partial charge on any atom is -0.477 e. The first-order valence-corrected chi connectivity index (χ1v) is 7.98. The van der Waals surface area contributed by atoms with Crippen molar-refractivity contribution in [1.82, 2.24) is 9.78 Å². The second kappa shape index (κ2) is 6.06. The smallest absolute Gasteiger partial charge is 0.354 e. The summed E-state index contributed by atoms with van der Waals surface area (Å²) in [6.45, 7) is 0. The molecule has 0 aliphatic heterocycles. The van der Waals surface area contributed by atoms with Gasteiger partial charge in [-0.25, -0.2) is 9.48 Å². The van der Waals surface area contributed by atoms with E-state index in [0.717, 1.165) is 14.5 Å². The van der Waals surface area contributed by atoms with E-state index in [4.69, 9.17) is 0 Å². The Kier molecular flexibility index (Phi) is 4.13. The van der Waals surface area contributed by atoms with Crippen molar-refractivity contribution in [3.8, 4) is 16.9 Å². The average Bonchev–Trinajstić information content (AvgIpc) is 2.94. The van der Waals surface area contributed by atoms with E-state index in [9.17, 15) is 9.90 Å². The van der Waals surface area contributed by atoms with E-state index < -0.39 is 5.97 Å². The van der Waals surface area contributed by atoms with Crippen LogP contribution >= 0.6 is 31.9 Å². The molecule has 3 rings (SSSR count). The maximum absolute atomic E-state index is 11.5. The summed E-state index contributed by atoms with van der Waals surface area (Å²) in [5, 5.41) is 13.8. The van der Waals surface area contributed by atoms with Gasteiger partial charge in [-0.15, -0.1) is 0 Å². The normalized spacial score (nSPS) is 10.6. The van der Waals surface area contributed by atoms with Crippen molar-refractivity contribution in [3.63, 3.8) is 0 Å². The van der Waals surface area contributed by atoms with E-state index >= 15 is 0 Å². The molecule has 1 aromatic heterocycles. The fourth-order valence-electron chi connectivity index (χ4n) is 2.07. The number of aromatic nitrogens is 2. The van der Waals surface area contributed by atoms with Gasteiger partial charge in [-0.1, -0.05) is 44.0 Å². The number of rotatable bonds is 3. The van der Waals surface area contributed by atoms with E-state index in [0.29, 0.717) is 11.4 Å². The summed E-state index contributed by atoms with van der Waals surface area (Å²) in [5.41, 5.74) is 2.30. The van der Waals surface area contributed by atoms with Crippen molar-refractivity contribution >= 4 is 37.8 Å². The minimum absolute atomic E-state index is 0.125. The number of hydrogen-bond acceptors (Lipinski definition) is 2. The number of hydrogen-bond donors (Lipinski definition) is 1. The molecule has 4 nitrogen and oxygen atoms in total. The van der Waals surface area contributed by atoms with Crippen LogP contribution in [0, 0.1) is 0 Å². The van der Waals surface area contributed by atoms with Gasteiger partial charge in [0.15, 0.2) is 5.69 Å². The minimum atomic E-state index is -1.02. The lowest BCUT2D eigenvalue weighted by atomic mass is 10.1. The number of carboxylic acids is 1. The summed E-state index contributed by atoms with van der Waals surface area (Å²) in [6.07, 6.45) is 0. The zero-order chi connectivity index (χ0) is 15.7. The Morgan fingerprint density at radius 3 is 2.05 bits per heavy atom. The second-order valence-corrected chi connectivity index (χ2v) is 6.45. The second-order valence-electron chi connectivity index (χ2n) is 4.62. The molecule has 110 valence electrons. The topological polar surface area (TPSA) is 55.1 Å². The fourth-order valence-corrected chi connectivity index (χ4v) is 2.60. The summed E-state index contributed by atoms with van der Waals surface area (Å²) < 4.78 is 3.32. The van der Waals surface area contributed by atoms with Crippen LogP contribution in [0.25, 0.3) is 16.9 Å². The molecule has 1 heterocycles. The molecule has 22 heavy (non-hydrogen) atoms. The van der Waals surface area contributed by atoms with Crippen LogP contribution in [0.5, 0.6) is 0 Å². The van der Waals surface area contributed by atoms with Crippen molar-refractivity contribution in [3.05, 3.63) is 69.2 Å². The van der Waals surface area contributed by atoms with Crippen molar-refractivity contribution in [2.75, 3.05) is 0 Å². The Bertz CT molecular complexity index is 824. The van der Waals surface area contributed by atoms with Gasteiger partial charge in [-0.3, -0.25) is 0 Å². The predicted octanol–water partition coefficient (Wildman–Crippen LogP) is 4.76. The molecular formula is C16H10Br2N2O2. The molecule has 0 unspecified atom stereocenters. The number of benzene rings is 2. The van der Waals surface area contributed by atoms with Gasteiger partial charge in [0.2, 0.25) is 0 Å². The van der Waals surface area contributed by atoms with Crippen molar-refractivity contribution in [1.29, 1.82) is 0 Å². The highest BCUT2D eigenvalue weighted by atomic mass is 79.9. The molecule has 0 aliphatic rings. The lowest BCUT2D eigenvalue weighted by Crippen LogP contribution is -2.07. The van der Waals surface area contributed by atoms with Gasteiger partial charge in [0.05, 0.1) is 11.4 Å². The summed E-state index contributed by atoms with van der Waals surface area (Å²) in [6, 6.07) is 16.5. The maximum atomic E-state index is 11.5. The molecule has 0 spiro atoms. The van der Waals surface area contributed by atoms with E-state index in [2.05, 4.69) is 37.0 Å². The molecule has 6 heteroatoms. The van der Waals surface area contributed by atoms with E-state index in [1.54, 1.807) is 6.07 Å². The van der Waals surface area contributed by atoms with E-state index in [-0.39, 0.29) is 5.69 Å². The molecule has 0 fully saturated rings. The molecule has 3 aromatic rings. The first-order chi connectivity index (χ1) is 10.5. The highest BCUT2D eigenvalue weighted by Crippen LogP contribution is 2.24. The number of halogens is 2. The van der Waals surface area contributed by atoms with Crippen LogP contribution < -0.4 is 0 Å². The fraction of sp³-hybridized carbons (Fsp3) is 0.